The highest BCUT2D eigenvalue weighted by atomic mass is 35.5. The highest BCUT2D eigenvalue weighted by Crippen LogP contribution is 2.21. The zero-order valence-electron chi connectivity index (χ0n) is 15.6. The first-order chi connectivity index (χ1) is 14.2. The Morgan fingerprint density at radius 2 is 1.97 bits per heavy atom. The van der Waals surface area contributed by atoms with E-state index in [4.69, 9.17) is 23.2 Å². The lowest BCUT2D eigenvalue weighted by atomic mass is 10.1. The first-order valence-electron chi connectivity index (χ1n) is 9.11. The van der Waals surface area contributed by atoms with E-state index in [1.165, 1.54) is 17.0 Å². The molecular weight excluding hydrogens is 437 g/mol. The van der Waals surface area contributed by atoms with Gasteiger partial charge in [-0.2, -0.15) is 0 Å². The van der Waals surface area contributed by atoms with Crippen molar-refractivity contribution in [3.05, 3.63) is 46.0 Å². The summed E-state index contributed by atoms with van der Waals surface area (Å²) >= 11 is 12.0. The Balaban J connectivity index is 1.63. The molecule has 0 radical (unpaired) electrons. The summed E-state index contributed by atoms with van der Waals surface area (Å²) in [4.78, 5) is 50.1. The molecule has 2 aliphatic heterocycles. The second-order valence-electron chi connectivity index (χ2n) is 6.83. The maximum Gasteiger partial charge on any atom is 0.310 e. The van der Waals surface area contributed by atoms with Gasteiger partial charge in [-0.1, -0.05) is 35.4 Å². The molecule has 0 saturated carbocycles. The number of aliphatic hydroxyl groups excluding tert-OH is 1. The predicted molar refractivity (Wildman–Crippen MR) is 107 cm³/mol. The van der Waals surface area contributed by atoms with Gasteiger partial charge in [-0.05, 0) is 24.6 Å². The van der Waals surface area contributed by atoms with Gasteiger partial charge in [0.25, 0.3) is 5.91 Å². The summed E-state index contributed by atoms with van der Waals surface area (Å²) < 4.78 is 4.57. The number of hydrogen-bond donors (Lipinski definition) is 3. The Morgan fingerprint density at radius 1 is 1.20 bits per heavy atom. The standard InChI is InChI=1S/C19H19Cl2N3O6/c20-10-4-5-12(21)11(7-10)17(27)23-13-3-1-2-6-24(18(13)28)9-15(25)22-14-8-16(26)30-19(14)29/h1-2,4-5,7,13-14,19,29H,3,6,8-9H2,(H,22,25)(H,23,27)/t13-,14-,19?/m0/s1. The second kappa shape index (κ2) is 9.46. The van der Waals surface area contributed by atoms with Crippen LogP contribution in [0.25, 0.3) is 0 Å². The first kappa shape index (κ1) is 22.1. The maximum absolute atomic E-state index is 12.9. The Kier molecular flexibility index (Phi) is 6.96. The smallest absolute Gasteiger partial charge is 0.310 e. The quantitative estimate of drug-likeness (QED) is 0.441. The number of hydrogen-bond acceptors (Lipinski definition) is 6. The molecule has 30 heavy (non-hydrogen) atoms. The molecule has 3 atom stereocenters. The number of ether oxygens (including phenoxy) is 1. The number of esters is 1. The number of nitrogens with one attached hydrogen (secondary N) is 2. The van der Waals surface area contributed by atoms with E-state index in [1.54, 1.807) is 18.2 Å². The highest BCUT2D eigenvalue weighted by molar-refractivity contribution is 6.35. The van der Waals surface area contributed by atoms with Crippen molar-refractivity contribution in [3.63, 3.8) is 0 Å². The van der Waals surface area contributed by atoms with E-state index in [1.807, 2.05) is 0 Å². The van der Waals surface area contributed by atoms with Crippen LogP contribution in [0.5, 0.6) is 0 Å². The molecule has 2 heterocycles. The van der Waals surface area contributed by atoms with Gasteiger partial charge in [-0.15, -0.1) is 0 Å². The van der Waals surface area contributed by atoms with Crippen LogP contribution in [0, 0.1) is 0 Å². The second-order valence-corrected chi connectivity index (χ2v) is 7.68. The normalized spacial score (nSPS) is 23.7. The lowest BCUT2D eigenvalue weighted by molar-refractivity contribution is -0.155. The van der Waals surface area contributed by atoms with Gasteiger partial charge in [0.05, 0.1) is 23.6 Å². The third-order valence-electron chi connectivity index (χ3n) is 4.62. The fourth-order valence-corrected chi connectivity index (χ4v) is 3.48. The van der Waals surface area contributed by atoms with Crippen LogP contribution in [0.4, 0.5) is 0 Å². The molecule has 1 aromatic carbocycles. The van der Waals surface area contributed by atoms with Gasteiger partial charge in [0, 0.05) is 11.6 Å². The Morgan fingerprint density at radius 3 is 2.67 bits per heavy atom. The molecule has 0 aliphatic carbocycles. The molecule has 1 fully saturated rings. The number of halogens is 2. The minimum Gasteiger partial charge on any atom is -0.434 e. The number of cyclic esters (lactones) is 1. The van der Waals surface area contributed by atoms with Gasteiger partial charge in [0.15, 0.2) is 0 Å². The molecule has 0 aromatic heterocycles. The topological polar surface area (TPSA) is 125 Å². The van der Waals surface area contributed by atoms with E-state index < -0.39 is 42.1 Å². The number of benzene rings is 1. The average Bonchev–Trinajstić information content (AvgIpc) is 2.90. The van der Waals surface area contributed by atoms with E-state index >= 15 is 0 Å². The Hall–Kier alpha value is -2.62. The van der Waals surface area contributed by atoms with Crippen molar-refractivity contribution in [1.82, 2.24) is 15.5 Å². The molecule has 11 heteroatoms. The van der Waals surface area contributed by atoms with Crippen LogP contribution in [0.15, 0.2) is 30.4 Å². The van der Waals surface area contributed by atoms with Crippen molar-refractivity contribution in [3.8, 4) is 0 Å². The van der Waals surface area contributed by atoms with Crippen molar-refractivity contribution >= 4 is 46.9 Å². The van der Waals surface area contributed by atoms with Crippen LogP contribution < -0.4 is 10.6 Å². The van der Waals surface area contributed by atoms with Crippen molar-refractivity contribution in [2.75, 3.05) is 13.1 Å². The van der Waals surface area contributed by atoms with Crippen LogP contribution in [-0.4, -0.2) is 65.2 Å². The number of rotatable bonds is 5. The fourth-order valence-electron chi connectivity index (χ4n) is 3.11. The van der Waals surface area contributed by atoms with Crippen LogP contribution in [-0.2, 0) is 19.1 Å². The van der Waals surface area contributed by atoms with Gasteiger partial charge in [0.1, 0.15) is 12.1 Å². The van der Waals surface area contributed by atoms with Gasteiger partial charge >= 0.3 is 5.97 Å². The molecule has 2 aliphatic rings. The summed E-state index contributed by atoms with van der Waals surface area (Å²) in [6.07, 6.45) is 2.11. The van der Waals surface area contributed by atoms with E-state index in [-0.39, 0.29) is 36.5 Å². The molecule has 0 spiro atoms. The molecule has 0 bridgehead atoms. The molecule has 3 N–H and O–H groups in total. The summed E-state index contributed by atoms with van der Waals surface area (Å²) in [6, 6.07) is 2.65. The van der Waals surface area contributed by atoms with E-state index in [0.717, 1.165) is 0 Å². The third kappa shape index (κ3) is 5.29. The summed E-state index contributed by atoms with van der Waals surface area (Å²) in [5.74, 6) is -2.21. The summed E-state index contributed by atoms with van der Waals surface area (Å²) in [5.41, 5.74) is 0.134. The number of amides is 3. The molecule has 1 aromatic rings. The molecule has 160 valence electrons. The van der Waals surface area contributed by atoms with Gasteiger partial charge in [0.2, 0.25) is 18.1 Å². The minimum atomic E-state index is -1.42. The number of aliphatic hydroxyl groups is 1. The van der Waals surface area contributed by atoms with Gasteiger partial charge < -0.3 is 25.4 Å². The predicted octanol–water partition coefficient (Wildman–Crippen LogP) is 0.630. The SMILES string of the molecule is O=C(CN1CC=CC[C@H](NC(=O)c2cc(Cl)ccc2Cl)C1=O)N[C@H]1CC(=O)OC1O. The van der Waals surface area contributed by atoms with Crippen molar-refractivity contribution < 1.29 is 29.0 Å². The lowest BCUT2D eigenvalue weighted by Crippen LogP contribution is -2.51. The summed E-state index contributed by atoms with van der Waals surface area (Å²) in [6.45, 7) is -0.149. The lowest BCUT2D eigenvalue weighted by Gasteiger charge is -2.25. The molecule has 9 nitrogen and oxygen atoms in total. The third-order valence-corrected chi connectivity index (χ3v) is 5.18. The van der Waals surface area contributed by atoms with Gasteiger partial charge in [-0.3, -0.25) is 19.2 Å². The number of carbonyl (C=O) groups is 4. The van der Waals surface area contributed by atoms with E-state index in [9.17, 15) is 24.3 Å². The number of nitrogens with zero attached hydrogens (tertiary/aromatic N) is 1. The molecule has 1 unspecified atom stereocenters. The van der Waals surface area contributed by atoms with Crippen LogP contribution in [0.2, 0.25) is 10.0 Å². The van der Waals surface area contributed by atoms with Gasteiger partial charge in [-0.25, -0.2) is 0 Å². The van der Waals surface area contributed by atoms with Crippen LogP contribution in [0.1, 0.15) is 23.2 Å². The maximum atomic E-state index is 12.9. The van der Waals surface area contributed by atoms with Crippen molar-refractivity contribution in [1.29, 1.82) is 0 Å². The monoisotopic (exact) mass is 455 g/mol. The molecule has 1 saturated heterocycles. The van der Waals surface area contributed by atoms with E-state index in [0.29, 0.717) is 5.02 Å². The summed E-state index contributed by atoms with van der Waals surface area (Å²) in [5, 5.41) is 15.2. The Bertz CT molecular complexity index is 906. The molecular formula is C19H19Cl2N3O6. The summed E-state index contributed by atoms with van der Waals surface area (Å²) in [7, 11) is 0. The minimum absolute atomic E-state index is 0.134. The zero-order chi connectivity index (χ0) is 21.8. The average molecular weight is 456 g/mol. The largest absolute Gasteiger partial charge is 0.434 e. The van der Waals surface area contributed by atoms with Crippen LogP contribution in [0.3, 0.4) is 0 Å². The number of carbonyl (C=O) groups excluding carboxylic acids is 4. The van der Waals surface area contributed by atoms with Crippen molar-refractivity contribution in [2.24, 2.45) is 0 Å². The highest BCUT2D eigenvalue weighted by Gasteiger charge is 2.35. The van der Waals surface area contributed by atoms with Crippen LogP contribution >= 0.6 is 23.2 Å². The molecule has 3 amide bonds. The van der Waals surface area contributed by atoms with Crippen molar-refractivity contribution in [2.45, 2.75) is 31.2 Å². The molecule has 3 rings (SSSR count). The Labute approximate surface area is 181 Å². The van der Waals surface area contributed by atoms with E-state index in [2.05, 4.69) is 15.4 Å². The first-order valence-corrected chi connectivity index (χ1v) is 9.87. The zero-order valence-corrected chi connectivity index (χ0v) is 17.2. The fraction of sp³-hybridized carbons (Fsp3) is 0.368.